The standard InChI is InChI=1S/C15H13BrN2OS2/c16-9-3-4-12-11(8-9)13(17)14(21-12)15(19)18-6-5-10-2-1-7-20-10/h1-4,7-8H,5-6,17H2,(H,18,19). The molecule has 6 heteroatoms. The zero-order chi connectivity index (χ0) is 14.8. The van der Waals surface area contributed by atoms with Gasteiger partial charge in [-0.25, -0.2) is 0 Å². The van der Waals surface area contributed by atoms with Gasteiger partial charge in [0.25, 0.3) is 5.91 Å². The molecular formula is C15H13BrN2OS2. The third-order valence-corrected chi connectivity index (χ3v) is 5.75. The largest absolute Gasteiger partial charge is 0.397 e. The Kier molecular flexibility index (Phi) is 4.28. The van der Waals surface area contributed by atoms with Crippen molar-refractivity contribution in [3.8, 4) is 0 Å². The van der Waals surface area contributed by atoms with Gasteiger partial charge < -0.3 is 11.1 Å². The lowest BCUT2D eigenvalue weighted by molar-refractivity contribution is 0.0959. The number of nitrogens with one attached hydrogen (secondary N) is 1. The number of benzene rings is 1. The van der Waals surface area contributed by atoms with E-state index in [4.69, 9.17) is 5.73 Å². The minimum Gasteiger partial charge on any atom is -0.397 e. The molecule has 0 aliphatic heterocycles. The van der Waals surface area contributed by atoms with Crippen LogP contribution in [-0.4, -0.2) is 12.5 Å². The highest BCUT2D eigenvalue weighted by Crippen LogP contribution is 2.35. The molecule has 3 nitrogen and oxygen atoms in total. The van der Waals surface area contributed by atoms with Crippen LogP contribution in [0.25, 0.3) is 10.1 Å². The van der Waals surface area contributed by atoms with Crippen LogP contribution in [0.2, 0.25) is 0 Å². The minimum absolute atomic E-state index is 0.0959. The summed E-state index contributed by atoms with van der Waals surface area (Å²) in [6.45, 7) is 0.622. The quantitative estimate of drug-likeness (QED) is 0.709. The summed E-state index contributed by atoms with van der Waals surface area (Å²) in [5, 5.41) is 5.91. The summed E-state index contributed by atoms with van der Waals surface area (Å²) in [5.41, 5.74) is 6.67. The molecule has 1 amide bonds. The number of halogens is 1. The minimum atomic E-state index is -0.0959. The molecule has 0 saturated carbocycles. The zero-order valence-electron chi connectivity index (χ0n) is 11.1. The van der Waals surface area contributed by atoms with Crippen LogP contribution in [-0.2, 0) is 6.42 Å². The van der Waals surface area contributed by atoms with Gasteiger partial charge in [-0.15, -0.1) is 22.7 Å². The molecule has 0 atom stereocenters. The Morgan fingerprint density at radius 2 is 2.19 bits per heavy atom. The average molecular weight is 381 g/mol. The summed E-state index contributed by atoms with van der Waals surface area (Å²) < 4.78 is 1.99. The molecule has 0 unspecified atom stereocenters. The average Bonchev–Trinajstić information content (AvgIpc) is 3.08. The molecule has 21 heavy (non-hydrogen) atoms. The molecule has 0 aliphatic carbocycles. The van der Waals surface area contributed by atoms with Gasteiger partial charge in [0.1, 0.15) is 4.88 Å². The Balaban J connectivity index is 1.73. The third kappa shape index (κ3) is 3.12. The number of carbonyl (C=O) groups excluding carboxylic acids is 1. The van der Waals surface area contributed by atoms with E-state index in [0.29, 0.717) is 17.1 Å². The van der Waals surface area contributed by atoms with Gasteiger partial charge in [-0.2, -0.15) is 0 Å². The first kappa shape index (κ1) is 14.6. The van der Waals surface area contributed by atoms with E-state index in [-0.39, 0.29) is 5.91 Å². The van der Waals surface area contributed by atoms with Crippen molar-refractivity contribution in [3.63, 3.8) is 0 Å². The predicted molar refractivity (Wildman–Crippen MR) is 94.3 cm³/mol. The van der Waals surface area contributed by atoms with Crippen molar-refractivity contribution in [1.29, 1.82) is 0 Å². The van der Waals surface area contributed by atoms with Gasteiger partial charge in [0.15, 0.2) is 0 Å². The summed E-state index contributed by atoms with van der Waals surface area (Å²) >= 11 is 6.56. The Hall–Kier alpha value is -1.37. The van der Waals surface area contributed by atoms with E-state index in [0.717, 1.165) is 21.0 Å². The molecule has 0 saturated heterocycles. The van der Waals surface area contributed by atoms with E-state index < -0.39 is 0 Å². The van der Waals surface area contributed by atoms with Crippen LogP contribution in [0, 0.1) is 0 Å². The smallest absolute Gasteiger partial charge is 0.263 e. The Labute approximate surface area is 138 Å². The SMILES string of the molecule is Nc1c(C(=O)NCCc2cccs2)sc2ccc(Br)cc12. The number of amides is 1. The molecule has 0 fully saturated rings. The number of fused-ring (bicyclic) bond motifs is 1. The lowest BCUT2D eigenvalue weighted by Crippen LogP contribution is -2.25. The lowest BCUT2D eigenvalue weighted by atomic mass is 10.2. The van der Waals surface area contributed by atoms with Crippen molar-refractivity contribution in [2.24, 2.45) is 0 Å². The molecule has 2 heterocycles. The van der Waals surface area contributed by atoms with Crippen molar-refractivity contribution in [2.75, 3.05) is 12.3 Å². The second-order valence-electron chi connectivity index (χ2n) is 4.57. The van der Waals surface area contributed by atoms with Crippen molar-refractivity contribution >= 4 is 60.3 Å². The van der Waals surface area contributed by atoms with Crippen LogP contribution >= 0.6 is 38.6 Å². The van der Waals surface area contributed by atoms with Gasteiger partial charge in [0.2, 0.25) is 0 Å². The van der Waals surface area contributed by atoms with Crippen molar-refractivity contribution < 1.29 is 4.79 Å². The lowest BCUT2D eigenvalue weighted by Gasteiger charge is -2.03. The number of carbonyl (C=O) groups is 1. The zero-order valence-corrected chi connectivity index (χ0v) is 14.3. The van der Waals surface area contributed by atoms with Crippen molar-refractivity contribution in [3.05, 3.63) is 49.9 Å². The van der Waals surface area contributed by atoms with Crippen LogP contribution in [0.15, 0.2) is 40.2 Å². The summed E-state index contributed by atoms with van der Waals surface area (Å²) in [6.07, 6.45) is 0.847. The van der Waals surface area contributed by atoms with Gasteiger partial charge in [-0.05, 0) is 36.1 Å². The monoisotopic (exact) mass is 380 g/mol. The van der Waals surface area contributed by atoms with Gasteiger partial charge in [0, 0.05) is 26.0 Å². The molecule has 0 radical (unpaired) electrons. The van der Waals surface area contributed by atoms with E-state index in [1.54, 1.807) is 11.3 Å². The van der Waals surface area contributed by atoms with E-state index in [2.05, 4.69) is 27.3 Å². The Morgan fingerprint density at radius 1 is 1.33 bits per heavy atom. The predicted octanol–water partition coefficient (Wildman–Crippen LogP) is 4.28. The molecule has 3 rings (SSSR count). The number of rotatable bonds is 4. The van der Waals surface area contributed by atoms with E-state index >= 15 is 0 Å². The fraction of sp³-hybridized carbons (Fsp3) is 0.133. The number of nitrogen functional groups attached to an aromatic ring is 1. The number of hydrogen-bond donors (Lipinski definition) is 2. The van der Waals surface area contributed by atoms with Crippen LogP contribution < -0.4 is 11.1 Å². The molecule has 0 bridgehead atoms. The number of anilines is 1. The fourth-order valence-corrected chi connectivity index (χ4v) is 4.18. The first-order valence-electron chi connectivity index (χ1n) is 6.43. The van der Waals surface area contributed by atoms with Gasteiger partial charge in [-0.3, -0.25) is 4.79 Å². The molecule has 0 aliphatic rings. The first-order chi connectivity index (χ1) is 10.1. The Bertz CT molecular complexity index is 780. The maximum absolute atomic E-state index is 12.3. The third-order valence-electron chi connectivity index (χ3n) is 3.13. The van der Waals surface area contributed by atoms with E-state index in [1.165, 1.54) is 16.2 Å². The molecule has 0 spiro atoms. The summed E-state index contributed by atoms with van der Waals surface area (Å²) in [6, 6.07) is 9.97. The van der Waals surface area contributed by atoms with E-state index in [1.807, 2.05) is 29.6 Å². The van der Waals surface area contributed by atoms with Gasteiger partial charge in [0.05, 0.1) is 5.69 Å². The summed E-state index contributed by atoms with van der Waals surface area (Å²) in [7, 11) is 0. The molecule has 2 aromatic heterocycles. The second-order valence-corrected chi connectivity index (χ2v) is 7.57. The molecular weight excluding hydrogens is 368 g/mol. The van der Waals surface area contributed by atoms with Crippen molar-refractivity contribution in [2.45, 2.75) is 6.42 Å². The summed E-state index contributed by atoms with van der Waals surface area (Å²) in [5.74, 6) is -0.0959. The van der Waals surface area contributed by atoms with Gasteiger partial charge >= 0.3 is 0 Å². The highest BCUT2D eigenvalue weighted by atomic mass is 79.9. The molecule has 1 aromatic carbocycles. The van der Waals surface area contributed by atoms with E-state index in [9.17, 15) is 4.79 Å². The van der Waals surface area contributed by atoms with Crippen LogP contribution in [0.5, 0.6) is 0 Å². The topological polar surface area (TPSA) is 55.1 Å². The van der Waals surface area contributed by atoms with Crippen LogP contribution in [0.1, 0.15) is 14.5 Å². The molecule has 3 aromatic rings. The van der Waals surface area contributed by atoms with Crippen LogP contribution in [0.3, 0.4) is 0 Å². The number of hydrogen-bond acceptors (Lipinski definition) is 4. The normalized spacial score (nSPS) is 10.9. The number of nitrogens with two attached hydrogens (primary N) is 1. The highest BCUT2D eigenvalue weighted by Gasteiger charge is 2.16. The number of thiophene rings is 2. The highest BCUT2D eigenvalue weighted by molar-refractivity contribution is 9.10. The summed E-state index contributed by atoms with van der Waals surface area (Å²) in [4.78, 5) is 14.1. The fourth-order valence-electron chi connectivity index (χ4n) is 2.09. The maximum atomic E-state index is 12.3. The molecule has 3 N–H and O–H groups in total. The van der Waals surface area contributed by atoms with Gasteiger partial charge in [-0.1, -0.05) is 22.0 Å². The maximum Gasteiger partial charge on any atom is 0.263 e. The molecule has 108 valence electrons. The van der Waals surface area contributed by atoms with Crippen molar-refractivity contribution in [1.82, 2.24) is 5.32 Å². The Morgan fingerprint density at radius 3 is 2.95 bits per heavy atom. The van der Waals surface area contributed by atoms with Crippen LogP contribution in [0.4, 0.5) is 5.69 Å². The first-order valence-corrected chi connectivity index (χ1v) is 8.92. The second kappa shape index (κ2) is 6.17.